The third kappa shape index (κ3) is 4.17. The van der Waals surface area contributed by atoms with Crippen molar-refractivity contribution < 1.29 is 13.6 Å². The van der Waals surface area contributed by atoms with E-state index in [1.165, 1.54) is 24.3 Å². The maximum atomic E-state index is 13.3. The number of nitrogens with zero attached hydrogens (tertiary/aromatic N) is 2. The zero-order valence-corrected chi connectivity index (χ0v) is 14.4. The lowest BCUT2D eigenvalue weighted by molar-refractivity contribution is -0.130. The number of alkyl halides is 1. The molecule has 0 unspecified atom stereocenters. The van der Waals surface area contributed by atoms with E-state index in [-0.39, 0.29) is 29.5 Å². The van der Waals surface area contributed by atoms with E-state index in [9.17, 15) is 13.6 Å². The molecular formula is C19H19ClF2N2O. The van der Waals surface area contributed by atoms with Gasteiger partial charge in [0.25, 0.3) is 0 Å². The molecule has 0 bridgehead atoms. The van der Waals surface area contributed by atoms with Crippen LogP contribution in [0.2, 0.25) is 0 Å². The van der Waals surface area contributed by atoms with E-state index in [4.69, 9.17) is 11.6 Å². The van der Waals surface area contributed by atoms with Crippen LogP contribution in [0, 0.1) is 11.6 Å². The van der Waals surface area contributed by atoms with E-state index < -0.39 is 0 Å². The highest BCUT2D eigenvalue weighted by atomic mass is 35.5. The maximum Gasteiger partial charge on any atom is 0.237 e. The number of hydrogen-bond acceptors (Lipinski definition) is 2. The summed E-state index contributed by atoms with van der Waals surface area (Å²) >= 11 is 5.63. The predicted molar refractivity (Wildman–Crippen MR) is 93.5 cm³/mol. The first kappa shape index (κ1) is 17.8. The lowest BCUT2D eigenvalue weighted by atomic mass is 9.96. The zero-order valence-electron chi connectivity index (χ0n) is 13.7. The average Bonchev–Trinajstić information content (AvgIpc) is 2.65. The minimum Gasteiger partial charge on any atom is -0.339 e. The standard InChI is InChI=1S/C19H19ClF2N2O/c20-13-18(25)23-9-11-24(12-10-23)19(14-1-5-16(21)6-2-14)15-3-7-17(22)8-4-15/h1-8,19H,9-13H2. The van der Waals surface area contributed by atoms with Crippen LogP contribution >= 0.6 is 11.6 Å². The Bertz CT molecular complexity index is 668. The molecule has 0 aliphatic carbocycles. The molecule has 1 aliphatic heterocycles. The smallest absolute Gasteiger partial charge is 0.237 e. The number of hydrogen-bond donors (Lipinski definition) is 0. The Kier molecular flexibility index (Phi) is 5.66. The maximum absolute atomic E-state index is 13.3. The van der Waals surface area contributed by atoms with Crippen LogP contribution in [-0.2, 0) is 4.79 Å². The van der Waals surface area contributed by atoms with Gasteiger partial charge in [-0.15, -0.1) is 11.6 Å². The van der Waals surface area contributed by atoms with Crippen molar-refractivity contribution in [3.05, 3.63) is 71.3 Å². The molecule has 3 rings (SSSR count). The van der Waals surface area contributed by atoms with Crippen molar-refractivity contribution in [2.75, 3.05) is 32.1 Å². The molecule has 25 heavy (non-hydrogen) atoms. The fraction of sp³-hybridized carbons (Fsp3) is 0.316. The average molecular weight is 365 g/mol. The minimum atomic E-state index is -0.292. The molecular weight excluding hydrogens is 346 g/mol. The number of rotatable bonds is 4. The van der Waals surface area contributed by atoms with E-state index >= 15 is 0 Å². The summed E-state index contributed by atoms with van der Waals surface area (Å²) < 4.78 is 26.6. The van der Waals surface area contributed by atoms with Crippen molar-refractivity contribution in [1.82, 2.24) is 9.80 Å². The second-order valence-corrected chi connectivity index (χ2v) is 6.32. The second-order valence-electron chi connectivity index (χ2n) is 6.06. The SMILES string of the molecule is O=C(CCl)N1CCN(C(c2ccc(F)cc2)c2ccc(F)cc2)CC1. The molecule has 3 nitrogen and oxygen atoms in total. The Hall–Kier alpha value is -1.98. The van der Waals surface area contributed by atoms with Gasteiger partial charge in [0.05, 0.1) is 6.04 Å². The molecule has 1 aliphatic rings. The van der Waals surface area contributed by atoms with Crippen molar-refractivity contribution in [2.24, 2.45) is 0 Å². The van der Waals surface area contributed by atoms with Crippen molar-refractivity contribution in [3.63, 3.8) is 0 Å². The van der Waals surface area contributed by atoms with Crippen molar-refractivity contribution in [3.8, 4) is 0 Å². The molecule has 132 valence electrons. The molecule has 1 fully saturated rings. The number of benzene rings is 2. The third-order valence-corrected chi connectivity index (χ3v) is 4.75. The van der Waals surface area contributed by atoms with Crippen LogP contribution in [0.15, 0.2) is 48.5 Å². The second kappa shape index (κ2) is 7.93. The fourth-order valence-corrected chi connectivity index (χ4v) is 3.39. The van der Waals surface area contributed by atoms with Crippen LogP contribution in [0.4, 0.5) is 8.78 Å². The van der Waals surface area contributed by atoms with Crippen LogP contribution in [0.5, 0.6) is 0 Å². The minimum absolute atomic E-state index is 0.0145. The van der Waals surface area contributed by atoms with Gasteiger partial charge in [-0.3, -0.25) is 9.69 Å². The van der Waals surface area contributed by atoms with Gasteiger partial charge in [0, 0.05) is 26.2 Å². The highest BCUT2D eigenvalue weighted by Crippen LogP contribution is 2.30. The molecule has 0 N–H and O–H groups in total. The molecule has 0 aromatic heterocycles. The Morgan fingerprint density at radius 1 is 0.880 bits per heavy atom. The summed E-state index contributed by atoms with van der Waals surface area (Å²) in [7, 11) is 0. The summed E-state index contributed by atoms with van der Waals surface area (Å²) in [5, 5.41) is 0. The molecule has 0 atom stereocenters. The predicted octanol–water partition coefficient (Wildman–Crippen LogP) is 3.44. The van der Waals surface area contributed by atoms with Crippen LogP contribution < -0.4 is 0 Å². The molecule has 2 aromatic carbocycles. The molecule has 1 amide bonds. The summed E-state index contributed by atoms with van der Waals surface area (Å²) in [6.07, 6.45) is 0. The van der Waals surface area contributed by atoms with Crippen LogP contribution in [-0.4, -0.2) is 47.8 Å². The molecule has 1 heterocycles. The van der Waals surface area contributed by atoms with Crippen LogP contribution in [0.3, 0.4) is 0 Å². The van der Waals surface area contributed by atoms with Gasteiger partial charge in [0.2, 0.25) is 5.91 Å². The highest BCUT2D eigenvalue weighted by Gasteiger charge is 2.28. The zero-order chi connectivity index (χ0) is 17.8. The lowest BCUT2D eigenvalue weighted by Gasteiger charge is -2.39. The number of amides is 1. The first-order valence-corrected chi connectivity index (χ1v) is 8.70. The molecule has 2 aromatic rings. The number of piperazine rings is 1. The third-order valence-electron chi connectivity index (χ3n) is 4.52. The summed E-state index contributed by atoms with van der Waals surface area (Å²) in [4.78, 5) is 15.7. The van der Waals surface area contributed by atoms with Crippen molar-refractivity contribution >= 4 is 17.5 Å². The summed E-state index contributed by atoms with van der Waals surface area (Å²) in [6, 6.07) is 12.6. The van der Waals surface area contributed by atoms with Gasteiger partial charge in [0.1, 0.15) is 17.5 Å². The van der Waals surface area contributed by atoms with E-state index in [1.807, 2.05) is 0 Å². The van der Waals surface area contributed by atoms with Crippen LogP contribution in [0.1, 0.15) is 17.2 Å². The van der Waals surface area contributed by atoms with E-state index in [0.717, 1.165) is 11.1 Å². The van der Waals surface area contributed by atoms with Crippen LogP contribution in [0.25, 0.3) is 0 Å². The Morgan fingerprint density at radius 2 is 1.32 bits per heavy atom. The Morgan fingerprint density at radius 3 is 1.72 bits per heavy atom. The van der Waals surface area contributed by atoms with E-state index in [0.29, 0.717) is 26.2 Å². The van der Waals surface area contributed by atoms with Gasteiger partial charge in [-0.1, -0.05) is 24.3 Å². The Labute approximate surface area is 150 Å². The van der Waals surface area contributed by atoms with Gasteiger partial charge in [-0.2, -0.15) is 0 Å². The Balaban J connectivity index is 1.86. The first-order chi connectivity index (χ1) is 12.1. The van der Waals surface area contributed by atoms with Gasteiger partial charge in [0.15, 0.2) is 0 Å². The fourth-order valence-electron chi connectivity index (χ4n) is 3.22. The van der Waals surface area contributed by atoms with Crippen molar-refractivity contribution in [1.29, 1.82) is 0 Å². The van der Waals surface area contributed by atoms with Gasteiger partial charge < -0.3 is 4.90 Å². The quantitative estimate of drug-likeness (QED) is 0.776. The topological polar surface area (TPSA) is 23.6 Å². The largest absolute Gasteiger partial charge is 0.339 e. The van der Waals surface area contributed by atoms with Crippen molar-refractivity contribution in [2.45, 2.75) is 6.04 Å². The van der Waals surface area contributed by atoms with Gasteiger partial charge in [-0.25, -0.2) is 8.78 Å². The number of carbonyl (C=O) groups excluding carboxylic acids is 1. The molecule has 0 radical (unpaired) electrons. The summed E-state index contributed by atoms with van der Waals surface area (Å²) in [5.41, 5.74) is 1.87. The lowest BCUT2D eigenvalue weighted by Crippen LogP contribution is -2.50. The van der Waals surface area contributed by atoms with Gasteiger partial charge >= 0.3 is 0 Å². The first-order valence-electron chi connectivity index (χ1n) is 8.17. The number of carbonyl (C=O) groups is 1. The monoisotopic (exact) mass is 364 g/mol. The number of halogens is 3. The van der Waals surface area contributed by atoms with E-state index in [1.54, 1.807) is 29.2 Å². The van der Waals surface area contributed by atoms with Gasteiger partial charge in [-0.05, 0) is 35.4 Å². The molecule has 0 saturated carbocycles. The normalized spacial score (nSPS) is 15.6. The summed E-state index contributed by atoms with van der Waals surface area (Å²) in [6.45, 7) is 2.51. The van der Waals surface area contributed by atoms with E-state index in [2.05, 4.69) is 4.90 Å². The molecule has 1 saturated heterocycles. The highest BCUT2D eigenvalue weighted by molar-refractivity contribution is 6.27. The molecule has 0 spiro atoms. The summed E-state index contributed by atoms with van der Waals surface area (Å²) in [5.74, 6) is -0.668. The molecule has 6 heteroatoms.